The Bertz CT molecular complexity index is 858. The molecule has 0 spiro atoms. The van der Waals surface area contributed by atoms with Gasteiger partial charge in [0, 0.05) is 47.3 Å². The van der Waals surface area contributed by atoms with Crippen molar-refractivity contribution < 1.29 is 4.79 Å². The van der Waals surface area contributed by atoms with Crippen molar-refractivity contribution in [3.8, 4) is 11.4 Å². The lowest BCUT2D eigenvalue weighted by atomic mass is 10.0. The van der Waals surface area contributed by atoms with Crippen LogP contribution in [0.2, 0.25) is 0 Å². The number of imidazole rings is 2. The highest BCUT2D eigenvalue weighted by Crippen LogP contribution is 2.15. The van der Waals surface area contributed by atoms with Crippen molar-refractivity contribution in [2.24, 2.45) is 0 Å². The molecule has 4 aromatic rings. The van der Waals surface area contributed by atoms with Crippen LogP contribution in [0.1, 0.15) is 15.9 Å². The molecular formula is C19H14N4O. The van der Waals surface area contributed by atoms with E-state index in [9.17, 15) is 4.79 Å². The molecule has 5 heteroatoms. The molecule has 0 bridgehead atoms. The molecular weight excluding hydrogens is 300 g/mol. The summed E-state index contributed by atoms with van der Waals surface area (Å²) in [5, 5.41) is 0. The van der Waals surface area contributed by atoms with E-state index in [0.29, 0.717) is 11.1 Å². The molecule has 0 N–H and O–H groups in total. The predicted molar refractivity (Wildman–Crippen MR) is 90.6 cm³/mol. The van der Waals surface area contributed by atoms with Gasteiger partial charge >= 0.3 is 0 Å². The van der Waals surface area contributed by atoms with E-state index in [1.165, 1.54) is 0 Å². The molecule has 5 nitrogen and oxygen atoms in total. The number of nitrogens with zero attached hydrogens (tertiary/aromatic N) is 4. The first-order valence-electron chi connectivity index (χ1n) is 7.53. The van der Waals surface area contributed by atoms with Gasteiger partial charge in [0.25, 0.3) is 0 Å². The number of aromatic nitrogens is 4. The zero-order chi connectivity index (χ0) is 16.4. The lowest BCUT2D eigenvalue weighted by Gasteiger charge is -2.06. The standard InChI is InChI=1S/C19H14N4O/c24-19(15-1-5-17(6-2-15)22-11-9-20-13-22)16-3-7-18(8-4-16)23-12-10-21-14-23/h1-14H. The minimum absolute atomic E-state index is 0.00404. The van der Waals surface area contributed by atoms with Crippen molar-refractivity contribution in [2.45, 2.75) is 0 Å². The maximum Gasteiger partial charge on any atom is 0.193 e. The Hall–Kier alpha value is -3.47. The van der Waals surface area contributed by atoms with Gasteiger partial charge in [-0.1, -0.05) is 0 Å². The smallest absolute Gasteiger partial charge is 0.193 e. The summed E-state index contributed by atoms with van der Waals surface area (Å²) in [6.07, 6.45) is 10.6. The number of carbonyl (C=O) groups is 1. The zero-order valence-corrected chi connectivity index (χ0v) is 12.8. The van der Waals surface area contributed by atoms with Gasteiger partial charge < -0.3 is 9.13 Å². The summed E-state index contributed by atoms with van der Waals surface area (Å²) >= 11 is 0. The van der Waals surface area contributed by atoms with Gasteiger partial charge in [0.2, 0.25) is 0 Å². The molecule has 2 heterocycles. The first-order valence-corrected chi connectivity index (χ1v) is 7.53. The lowest BCUT2D eigenvalue weighted by molar-refractivity contribution is 0.103. The molecule has 0 fully saturated rings. The molecule has 0 saturated heterocycles. The highest BCUT2D eigenvalue weighted by molar-refractivity contribution is 6.09. The molecule has 0 amide bonds. The van der Waals surface area contributed by atoms with Gasteiger partial charge in [0.15, 0.2) is 5.78 Å². The van der Waals surface area contributed by atoms with E-state index in [0.717, 1.165) is 11.4 Å². The second-order valence-electron chi connectivity index (χ2n) is 5.36. The average Bonchev–Trinajstić information content (AvgIpc) is 3.35. The van der Waals surface area contributed by atoms with Crippen LogP contribution in [0.3, 0.4) is 0 Å². The quantitative estimate of drug-likeness (QED) is 0.543. The van der Waals surface area contributed by atoms with E-state index in [4.69, 9.17) is 0 Å². The summed E-state index contributed by atoms with van der Waals surface area (Å²) in [6, 6.07) is 15.0. The van der Waals surface area contributed by atoms with Crippen LogP contribution in [0.25, 0.3) is 11.4 Å². The topological polar surface area (TPSA) is 52.7 Å². The maximum absolute atomic E-state index is 12.6. The van der Waals surface area contributed by atoms with E-state index in [1.54, 1.807) is 25.0 Å². The van der Waals surface area contributed by atoms with Gasteiger partial charge in [-0.25, -0.2) is 9.97 Å². The number of benzene rings is 2. The summed E-state index contributed by atoms with van der Waals surface area (Å²) in [7, 11) is 0. The Morgan fingerprint density at radius 1 is 0.667 bits per heavy atom. The fraction of sp³-hybridized carbons (Fsp3) is 0. The van der Waals surface area contributed by atoms with E-state index >= 15 is 0 Å². The summed E-state index contributed by atoms with van der Waals surface area (Å²) in [5.41, 5.74) is 3.27. The third kappa shape index (κ3) is 2.63. The van der Waals surface area contributed by atoms with E-state index in [2.05, 4.69) is 9.97 Å². The molecule has 2 aromatic heterocycles. The molecule has 0 radical (unpaired) electrons. The first kappa shape index (κ1) is 14.1. The van der Waals surface area contributed by atoms with Crippen LogP contribution in [-0.4, -0.2) is 24.9 Å². The third-order valence-electron chi connectivity index (χ3n) is 3.86. The van der Waals surface area contributed by atoms with Gasteiger partial charge in [-0.15, -0.1) is 0 Å². The fourth-order valence-corrected chi connectivity index (χ4v) is 2.56. The largest absolute Gasteiger partial charge is 0.306 e. The van der Waals surface area contributed by atoms with Crippen molar-refractivity contribution >= 4 is 5.78 Å². The minimum Gasteiger partial charge on any atom is -0.306 e. The van der Waals surface area contributed by atoms with Crippen LogP contribution in [0.15, 0.2) is 86.0 Å². The molecule has 0 aliphatic heterocycles. The van der Waals surface area contributed by atoms with E-state index in [1.807, 2.05) is 70.1 Å². The molecule has 116 valence electrons. The second kappa shape index (κ2) is 5.96. The van der Waals surface area contributed by atoms with Crippen LogP contribution in [0, 0.1) is 0 Å². The first-order chi connectivity index (χ1) is 11.8. The van der Waals surface area contributed by atoms with Crippen molar-refractivity contribution in [1.82, 2.24) is 19.1 Å². The number of hydrogen-bond donors (Lipinski definition) is 0. The Balaban J connectivity index is 1.57. The molecule has 0 saturated carbocycles. The lowest BCUT2D eigenvalue weighted by Crippen LogP contribution is -2.02. The molecule has 0 aliphatic carbocycles. The van der Waals surface area contributed by atoms with Crippen LogP contribution in [-0.2, 0) is 0 Å². The molecule has 24 heavy (non-hydrogen) atoms. The Labute approximate surface area is 138 Å². The Kier molecular flexibility index (Phi) is 3.51. The molecule has 0 aliphatic rings. The summed E-state index contributed by atoms with van der Waals surface area (Å²) in [4.78, 5) is 20.6. The third-order valence-corrected chi connectivity index (χ3v) is 3.86. The molecule has 4 rings (SSSR count). The normalized spacial score (nSPS) is 10.7. The van der Waals surface area contributed by atoms with E-state index < -0.39 is 0 Å². The minimum atomic E-state index is 0.00404. The SMILES string of the molecule is O=C(c1ccc(-n2ccnc2)cc1)c1ccc(-n2ccnc2)cc1. The summed E-state index contributed by atoms with van der Waals surface area (Å²) in [5.74, 6) is 0.00404. The monoisotopic (exact) mass is 314 g/mol. The van der Waals surface area contributed by atoms with Gasteiger partial charge in [0.1, 0.15) is 0 Å². The van der Waals surface area contributed by atoms with Crippen LogP contribution < -0.4 is 0 Å². The van der Waals surface area contributed by atoms with Crippen molar-refractivity contribution in [3.63, 3.8) is 0 Å². The van der Waals surface area contributed by atoms with Crippen molar-refractivity contribution in [2.75, 3.05) is 0 Å². The van der Waals surface area contributed by atoms with Crippen molar-refractivity contribution in [3.05, 3.63) is 97.1 Å². The van der Waals surface area contributed by atoms with Gasteiger partial charge in [-0.05, 0) is 48.5 Å². The van der Waals surface area contributed by atoms with Crippen LogP contribution in [0.4, 0.5) is 0 Å². The second-order valence-corrected chi connectivity index (χ2v) is 5.36. The Morgan fingerprint density at radius 2 is 1.08 bits per heavy atom. The number of rotatable bonds is 4. The molecule has 2 aromatic carbocycles. The number of hydrogen-bond acceptors (Lipinski definition) is 3. The summed E-state index contributed by atoms with van der Waals surface area (Å²) < 4.78 is 3.79. The molecule has 0 unspecified atom stereocenters. The highest BCUT2D eigenvalue weighted by atomic mass is 16.1. The van der Waals surface area contributed by atoms with E-state index in [-0.39, 0.29) is 5.78 Å². The van der Waals surface area contributed by atoms with Crippen LogP contribution in [0.5, 0.6) is 0 Å². The predicted octanol–water partition coefficient (Wildman–Crippen LogP) is 3.29. The fourth-order valence-electron chi connectivity index (χ4n) is 2.56. The maximum atomic E-state index is 12.6. The zero-order valence-electron chi connectivity index (χ0n) is 12.8. The Morgan fingerprint density at radius 3 is 1.42 bits per heavy atom. The summed E-state index contributed by atoms with van der Waals surface area (Å²) in [6.45, 7) is 0. The average molecular weight is 314 g/mol. The number of ketones is 1. The van der Waals surface area contributed by atoms with Gasteiger partial charge in [0.05, 0.1) is 12.7 Å². The van der Waals surface area contributed by atoms with Gasteiger partial charge in [-0.3, -0.25) is 4.79 Å². The number of carbonyl (C=O) groups excluding carboxylic acids is 1. The highest BCUT2D eigenvalue weighted by Gasteiger charge is 2.09. The van der Waals surface area contributed by atoms with Crippen LogP contribution >= 0.6 is 0 Å². The molecule has 0 atom stereocenters. The van der Waals surface area contributed by atoms with Crippen molar-refractivity contribution in [1.29, 1.82) is 0 Å². The van der Waals surface area contributed by atoms with Gasteiger partial charge in [-0.2, -0.15) is 0 Å².